The normalized spacial score (nSPS) is 15.4. The second kappa shape index (κ2) is 9.60. The second-order valence-electron chi connectivity index (χ2n) is 8.54. The van der Waals surface area contributed by atoms with Gasteiger partial charge in [-0.3, -0.25) is 10.1 Å². The van der Waals surface area contributed by atoms with Crippen LogP contribution in [0.5, 0.6) is 0 Å². The highest BCUT2D eigenvalue weighted by atomic mass is 16.5. The number of nitrogens with one attached hydrogen (secondary N) is 2. The van der Waals surface area contributed by atoms with Crippen LogP contribution in [-0.4, -0.2) is 58.3 Å². The average Bonchev–Trinajstić information content (AvgIpc) is 3.55. The monoisotopic (exact) mass is 470 g/mol. The molecular weight excluding hydrogens is 444 g/mol. The number of nitrogens with zero attached hydrogens (tertiary/aromatic N) is 2. The van der Waals surface area contributed by atoms with Crippen molar-refractivity contribution >= 4 is 28.7 Å². The lowest BCUT2D eigenvalue weighted by Gasteiger charge is -2.24. The highest BCUT2D eigenvalue weighted by Gasteiger charge is 2.30. The van der Waals surface area contributed by atoms with Gasteiger partial charge in [-0.05, 0) is 42.2 Å². The number of hydrogen-bond acceptors (Lipinski definition) is 5. The molecule has 0 bridgehead atoms. The number of likely N-dealkylation sites (tertiary alicyclic amines) is 1. The molecule has 2 aromatic heterocycles. The van der Waals surface area contributed by atoms with Crippen molar-refractivity contribution in [3.8, 4) is 22.3 Å². The van der Waals surface area contributed by atoms with E-state index in [1.54, 1.807) is 23.2 Å². The lowest BCUT2D eigenvalue weighted by atomic mass is 9.99. The Labute approximate surface area is 202 Å². The van der Waals surface area contributed by atoms with E-state index in [1.165, 1.54) is 7.11 Å². The Morgan fingerprint density at radius 3 is 2.74 bits per heavy atom. The first kappa shape index (κ1) is 22.6. The van der Waals surface area contributed by atoms with Gasteiger partial charge in [-0.2, -0.15) is 0 Å². The maximum absolute atomic E-state index is 13.5. The molecule has 5 rings (SSSR count). The Bertz CT molecular complexity index is 1380. The Balaban J connectivity index is 1.58. The molecule has 178 valence electrons. The summed E-state index contributed by atoms with van der Waals surface area (Å²) in [6, 6.07) is 17.2. The number of hydrogen-bond donors (Lipinski definition) is 3. The van der Waals surface area contributed by atoms with Crippen molar-refractivity contribution in [3.05, 3.63) is 72.6 Å². The number of fused-ring (bicyclic) bond motifs is 1. The third-order valence-corrected chi connectivity index (χ3v) is 6.47. The van der Waals surface area contributed by atoms with Crippen LogP contribution in [0.25, 0.3) is 33.3 Å². The zero-order chi connectivity index (χ0) is 24.4. The number of aromatic nitrogens is 2. The van der Waals surface area contributed by atoms with Gasteiger partial charge >= 0.3 is 6.09 Å². The minimum atomic E-state index is -0.658. The van der Waals surface area contributed by atoms with Crippen molar-refractivity contribution in [3.63, 3.8) is 0 Å². The fraction of sp³-hybridized carbons (Fsp3) is 0.222. The van der Waals surface area contributed by atoms with Gasteiger partial charge in [-0.15, -0.1) is 0 Å². The van der Waals surface area contributed by atoms with Gasteiger partial charge in [0.1, 0.15) is 5.65 Å². The van der Waals surface area contributed by atoms with Crippen molar-refractivity contribution < 1.29 is 19.4 Å². The number of carbonyl (C=O) groups excluding carboxylic acids is 2. The van der Waals surface area contributed by atoms with Crippen LogP contribution in [0.2, 0.25) is 0 Å². The zero-order valence-corrected chi connectivity index (χ0v) is 19.3. The van der Waals surface area contributed by atoms with Crippen LogP contribution in [0.4, 0.5) is 10.5 Å². The number of aliphatic hydroxyl groups excluding tert-OH is 1. The second-order valence-corrected chi connectivity index (χ2v) is 8.54. The molecule has 2 aromatic carbocycles. The van der Waals surface area contributed by atoms with E-state index in [4.69, 9.17) is 4.74 Å². The number of aliphatic hydroxyl groups is 1. The number of benzene rings is 2. The smallest absolute Gasteiger partial charge is 0.411 e. The van der Waals surface area contributed by atoms with E-state index >= 15 is 0 Å². The molecule has 0 unspecified atom stereocenters. The molecule has 1 atom stereocenters. The Hall–Kier alpha value is -4.17. The largest absolute Gasteiger partial charge is 0.453 e. The third-order valence-electron chi connectivity index (χ3n) is 6.47. The number of aromatic amines is 1. The average molecular weight is 471 g/mol. The molecule has 35 heavy (non-hydrogen) atoms. The van der Waals surface area contributed by atoms with Gasteiger partial charge in [0.2, 0.25) is 0 Å². The van der Waals surface area contributed by atoms with Crippen molar-refractivity contribution in [2.75, 3.05) is 25.6 Å². The number of amides is 2. The summed E-state index contributed by atoms with van der Waals surface area (Å²) >= 11 is 0. The molecule has 3 N–H and O–H groups in total. The van der Waals surface area contributed by atoms with E-state index < -0.39 is 6.09 Å². The van der Waals surface area contributed by atoms with Crippen LogP contribution in [0.15, 0.2) is 67.0 Å². The van der Waals surface area contributed by atoms with Crippen LogP contribution >= 0.6 is 0 Å². The summed E-state index contributed by atoms with van der Waals surface area (Å²) in [6.07, 6.45) is 4.62. The summed E-state index contributed by atoms with van der Waals surface area (Å²) in [7, 11) is 1.27. The van der Waals surface area contributed by atoms with Crippen molar-refractivity contribution in [1.82, 2.24) is 14.9 Å². The van der Waals surface area contributed by atoms with Crippen LogP contribution in [0.3, 0.4) is 0 Å². The molecule has 3 heterocycles. The lowest BCUT2D eigenvalue weighted by molar-refractivity contribution is 0.0678. The Morgan fingerprint density at radius 2 is 1.97 bits per heavy atom. The number of rotatable bonds is 5. The number of carbonyl (C=O) groups is 2. The van der Waals surface area contributed by atoms with E-state index in [0.29, 0.717) is 17.8 Å². The number of ether oxygens (including phenoxy) is 1. The molecule has 2 amide bonds. The molecule has 1 aliphatic heterocycles. The standard InChI is InChI=1S/C27H26N4O4/c1-35-27(34)30-24-10-9-18(12-22(24)26(33)31-11-5-8-20(31)16-32)19-13-21-23(15-29-25(21)28-14-19)17-6-3-2-4-7-17/h2-4,6-7,9-10,12-15,20,32H,5,8,11,16H2,1H3,(H,28,29)(H,30,34)/t20-/m1/s1. The minimum Gasteiger partial charge on any atom is -0.453 e. The first-order valence-corrected chi connectivity index (χ1v) is 11.5. The fourth-order valence-corrected chi connectivity index (χ4v) is 4.64. The molecule has 0 radical (unpaired) electrons. The van der Waals surface area contributed by atoms with Gasteiger partial charge in [0, 0.05) is 35.5 Å². The number of anilines is 1. The Kier molecular flexibility index (Phi) is 6.20. The molecule has 1 saturated heterocycles. The van der Waals surface area contributed by atoms with Crippen LogP contribution in [0.1, 0.15) is 23.2 Å². The maximum Gasteiger partial charge on any atom is 0.411 e. The first-order valence-electron chi connectivity index (χ1n) is 11.5. The van der Waals surface area contributed by atoms with E-state index in [0.717, 1.165) is 46.1 Å². The fourth-order valence-electron chi connectivity index (χ4n) is 4.64. The zero-order valence-electron chi connectivity index (χ0n) is 19.3. The SMILES string of the molecule is COC(=O)Nc1ccc(-c2cnc3[nH]cc(-c4ccccc4)c3c2)cc1C(=O)N1CCC[C@@H]1CO. The van der Waals surface area contributed by atoms with E-state index in [1.807, 2.05) is 48.7 Å². The van der Waals surface area contributed by atoms with Crippen LogP contribution in [-0.2, 0) is 4.74 Å². The predicted octanol–water partition coefficient (Wildman–Crippen LogP) is 4.67. The van der Waals surface area contributed by atoms with Gasteiger partial charge in [0.15, 0.2) is 0 Å². The van der Waals surface area contributed by atoms with Crippen LogP contribution < -0.4 is 5.32 Å². The summed E-state index contributed by atoms with van der Waals surface area (Å²) < 4.78 is 4.74. The van der Waals surface area contributed by atoms with Gasteiger partial charge in [0.05, 0.1) is 31.0 Å². The first-order chi connectivity index (χ1) is 17.1. The van der Waals surface area contributed by atoms with Gasteiger partial charge in [-0.25, -0.2) is 9.78 Å². The summed E-state index contributed by atoms with van der Waals surface area (Å²) in [5.41, 5.74) is 5.22. The summed E-state index contributed by atoms with van der Waals surface area (Å²) in [5, 5.41) is 13.3. The van der Waals surface area contributed by atoms with E-state index in [-0.39, 0.29) is 18.6 Å². The molecule has 8 heteroatoms. The molecule has 1 fully saturated rings. The molecule has 0 aliphatic carbocycles. The molecule has 0 spiro atoms. The van der Waals surface area contributed by atoms with Crippen molar-refractivity contribution in [2.24, 2.45) is 0 Å². The molecule has 4 aromatic rings. The number of methoxy groups -OCH3 is 1. The van der Waals surface area contributed by atoms with Gasteiger partial charge < -0.3 is 19.7 Å². The Morgan fingerprint density at radius 1 is 1.14 bits per heavy atom. The van der Waals surface area contributed by atoms with E-state index in [9.17, 15) is 14.7 Å². The maximum atomic E-state index is 13.5. The highest BCUT2D eigenvalue weighted by Crippen LogP contribution is 2.33. The predicted molar refractivity (Wildman–Crippen MR) is 134 cm³/mol. The highest BCUT2D eigenvalue weighted by molar-refractivity contribution is 6.04. The van der Waals surface area contributed by atoms with Crippen molar-refractivity contribution in [2.45, 2.75) is 18.9 Å². The summed E-state index contributed by atoms with van der Waals surface area (Å²) in [6.45, 7) is 0.463. The van der Waals surface area contributed by atoms with Gasteiger partial charge in [-0.1, -0.05) is 36.4 Å². The lowest BCUT2D eigenvalue weighted by Crippen LogP contribution is -2.38. The summed E-state index contributed by atoms with van der Waals surface area (Å²) in [4.78, 5) is 34.9. The molecule has 1 aliphatic rings. The number of pyridine rings is 1. The minimum absolute atomic E-state index is 0.0957. The topological polar surface area (TPSA) is 108 Å². The quantitative estimate of drug-likeness (QED) is 0.393. The number of H-pyrrole nitrogens is 1. The molecule has 0 saturated carbocycles. The molecular formula is C27H26N4O4. The van der Waals surface area contributed by atoms with Crippen molar-refractivity contribution in [1.29, 1.82) is 0 Å². The molecule has 8 nitrogen and oxygen atoms in total. The van der Waals surface area contributed by atoms with Gasteiger partial charge in [0.25, 0.3) is 5.91 Å². The van der Waals surface area contributed by atoms with Crippen LogP contribution in [0, 0.1) is 0 Å². The van der Waals surface area contributed by atoms with E-state index in [2.05, 4.69) is 15.3 Å². The third kappa shape index (κ3) is 4.36. The summed E-state index contributed by atoms with van der Waals surface area (Å²) in [5.74, 6) is -0.240.